The molecule has 0 saturated carbocycles. The van der Waals surface area contributed by atoms with Crippen LogP contribution in [0.1, 0.15) is 6.42 Å². The topological polar surface area (TPSA) is 116 Å². The Bertz CT molecular complexity index is 625. The number of nitrogen functional groups attached to an aromatic ring is 1. The second-order valence-electron chi connectivity index (χ2n) is 4.52. The van der Waals surface area contributed by atoms with Gasteiger partial charge in [-0.25, -0.2) is 8.42 Å². The van der Waals surface area contributed by atoms with Crippen molar-refractivity contribution in [3.63, 3.8) is 0 Å². The van der Waals surface area contributed by atoms with Crippen molar-refractivity contribution in [2.24, 2.45) is 0 Å². The van der Waals surface area contributed by atoms with Gasteiger partial charge in [0.2, 0.25) is 10.0 Å². The molecule has 1 fully saturated rings. The monoisotopic (exact) mass is 301 g/mol. The number of nitro benzene ring substituents is 1. The summed E-state index contributed by atoms with van der Waals surface area (Å²) in [6.07, 6.45) is 0.588. The molecular formula is C11H15N3O5S. The summed E-state index contributed by atoms with van der Waals surface area (Å²) in [5.41, 5.74) is 5.33. The highest BCUT2D eigenvalue weighted by Gasteiger charge is 2.32. The van der Waals surface area contributed by atoms with Crippen LogP contribution in [0, 0.1) is 10.1 Å². The fourth-order valence-electron chi connectivity index (χ4n) is 2.02. The van der Waals surface area contributed by atoms with E-state index in [1.807, 2.05) is 0 Å². The molecule has 0 radical (unpaired) electrons. The van der Waals surface area contributed by atoms with Crippen molar-refractivity contribution < 1.29 is 18.1 Å². The van der Waals surface area contributed by atoms with Crippen molar-refractivity contribution in [2.75, 3.05) is 26.0 Å². The highest BCUT2D eigenvalue weighted by Crippen LogP contribution is 2.28. The van der Waals surface area contributed by atoms with E-state index in [0.717, 1.165) is 10.4 Å². The summed E-state index contributed by atoms with van der Waals surface area (Å²) in [5, 5.41) is 10.8. The first-order valence-electron chi connectivity index (χ1n) is 5.93. The van der Waals surface area contributed by atoms with Gasteiger partial charge in [0, 0.05) is 25.8 Å². The summed E-state index contributed by atoms with van der Waals surface area (Å²) >= 11 is 0. The van der Waals surface area contributed by atoms with E-state index < -0.39 is 14.9 Å². The number of rotatable bonds is 4. The van der Waals surface area contributed by atoms with Crippen molar-refractivity contribution in [3.05, 3.63) is 28.3 Å². The number of non-ortho nitro benzene ring substituents is 1. The number of hydrogen-bond acceptors (Lipinski definition) is 6. The zero-order chi connectivity index (χ0) is 14.9. The Morgan fingerprint density at radius 3 is 2.75 bits per heavy atom. The number of sulfonamides is 1. The van der Waals surface area contributed by atoms with Gasteiger partial charge >= 0.3 is 0 Å². The molecule has 9 heteroatoms. The minimum absolute atomic E-state index is 0.0126. The summed E-state index contributed by atoms with van der Waals surface area (Å²) in [5.74, 6) is 0. The van der Waals surface area contributed by atoms with E-state index in [0.29, 0.717) is 19.6 Å². The molecule has 1 unspecified atom stereocenters. The number of nitrogens with two attached hydrogens (primary N) is 1. The molecule has 1 aromatic rings. The van der Waals surface area contributed by atoms with Gasteiger partial charge in [-0.15, -0.1) is 0 Å². The molecule has 110 valence electrons. The molecule has 0 aliphatic carbocycles. The predicted molar refractivity (Wildman–Crippen MR) is 71.7 cm³/mol. The highest BCUT2D eigenvalue weighted by molar-refractivity contribution is 7.89. The van der Waals surface area contributed by atoms with Gasteiger partial charge in [-0.05, 0) is 12.5 Å². The van der Waals surface area contributed by atoms with E-state index in [2.05, 4.69) is 0 Å². The molecule has 8 nitrogen and oxygen atoms in total. The fourth-order valence-corrected chi connectivity index (χ4v) is 3.52. The molecule has 0 spiro atoms. The lowest BCUT2D eigenvalue weighted by molar-refractivity contribution is -0.385. The second kappa shape index (κ2) is 5.35. The molecule has 1 saturated heterocycles. The van der Waals surface area contributed by atoms with Crippen LogP contribution in [0.25, 0.3) is 0 Å². The Labute approximate surface area is 116 Å². The van der Waals surface area contributed by atoms with E-state index in [1.165, 1.54) is 19.2 Å². The lowest BCUT2D eigenvalue weighted by atomic mass is 10.3. The molecule has 0 amide bonds. The average molecular weight is 301 g/mol. The smallest absolute Gasteiger partial charge is 0.270 e. The zero-order valence-electron chi connectivity index (χ0n) is 10.9. The van der Waals surface area contributed by atoms with Crippen molar-refractivity contribution in [3.8, 4) is 0 Å². The standard InChI is InChI=1S/C11H15N3O5S/c1-13(9-4-5-19-7-9)20(17,18)11-6-8(14(15)16)2-3-10(11)12/h2-3,6,9H,4-5,7,12H2,1H3. The molecule has 1 aliphatic heterocycles. The summed E-state index contributed by atoms with van der Waals surface area (Å²) in [7, 11) is -2.46. The number of nitro groups is 1. The van der Waals surface area contributed by atoms with E-state index >= 15 is 0 Å². The second-order valence-corrected chi connectivity index (χ2v) is 6.48. The molecular weight excluding hydrogens is 286 g/mol. The van der Waals surface area contributed by atoms with Crippen molar-refractivity contribution in [1.82, 2.24) is 4.31 Å². The minimum Gasteiger partial charge on any atom is -0.398 e. The Balaban J connectivity index is 2.42. The predicted octanol–water partition coefficient (Wildman–Crippen LogP) is 0.586. The van der Waals surface area contributed by atoms with Gasteiger partial charge in [0.25, 0.3) is 5.69 Å². The number of ether oxygens (including phenoxy) is 1. The molecule has 2 N–H and O–H groups in total. The maximum absolute atomic E-state index is 12.5. The van der Waals surface area contributed by atoms with Crippen molar-refractivity contribution in [1.29, 1.82) is 0 Å². The third-order valence-electron chi connectivity index (χ3n) is 3.28. The van der Waals surface area contributed by atoms with Crippen LogP contribution < -0.4 is 5.73 Å². The van der Waals surface area contributed by atoms with Crippen LogP contribution in [-0.4, -0.2) is 43.9 Å². The van der Waals surface area contributed by atoms with Crippen LogP contribution in [0.3, 0.4) is 0 Å². The third kappa shape index (κ3) is 2.60. The van der Waals surface area contributed by atoms with Gasteiger partial charge in [-0.1, -0.05) is 0 Å². The molecule has 1 aliphatic rings. The van der Waals surface area contributed by atoms with Gasteiger partial charge in [-0.3, -0.25) is 10.1 Å². The molecule has 20 heavy (non-hydrogen) atoms. The van der Waals surface area contributed by atoms with Gasteiger partial charge in [-0.2, -0.15) is 4.31 Å². The molecule has 0 bridgehead atoms. The van der Waals surface area contributed by atoms with Gasteiger partial charge in [0.05, 0.1) is 23.3 Å². The number of hydrogen-bond donors (Lipinski definition) is 1. The highest BCUT2D eigenvalue weighted by atomic mass is 32.2. The molecule has 2 rings (SSSR count). The first-order chi connectivity index (χ1) is 9.34. The summed E-state index contributed by atoms with van der Waals surface area (Å²) in [6.45, 7) is 0.805. The lowest BCUT2D eigenvalue weighted by Crippen LogP contribution is -2.37. The van der Waals surface area contributed by atoms with Crippen LogP contribution >= 0.6 is 0 Å². The number of anilines is 1. The zero-order valence-corrected chi connectivity index (χ0v) is 11.7. The van der Waals surface area contributed by atoms with Crippen molar-refractivity contribution in [2.45, 2.75) is 17.4 Å². The Morgan fingerprint density at radius 1 is 1.50 bits per heavy atom. The van der Waals surface area contributed by atoms with Crippen LogP contribution in [-0.2, 0) is 14.8 Å². The Hall–Kier alpha value is -1.71. The van der Waals surface area contributed by atoms with E-state index in [-0.39, 0.29) is 22.3 Å². The molecule has 1 heterocycles. The van der Waals surface area contributed by atoms with Gasteiger partial charge in [0.15, 0.2) is 0 Å². The van der Waals surface area contributed by atoms with Gasteiger partial charge in [0.1, 0.15) is 4.90 Å². The summed E-state index contributed by atoms with van der Waals surface area (Å²) < 4.78 is 31.3. The summed E-state index contributed by atoms with van der Waals surface area (Å²) in [6, 6.07) is 3.10. The molecule has 0 aromatic heterocycles. The van der Waals surface area contributed by atoms with Crippen LogP contribution in [0.4, 0.5) is 11.4 Å². The maximum Gasteiger partial charge on any atom is 0.270 e. The molecule has 1 atom stereocenters. The number of nitrogens with zero attached hydrogens (tertiary/aromatic N) is 2. The van der Waals surface area contributed by atoms with E-state index in [1.54, 1.807) is 0 Å². The average Bonchev–Trinajstić information content (AvgIpc) is 2.91. The maximum atomic E-state index is 12.5. The van der Waals surface area contributed by atoms with Crippen LogP contribution in [0.5, 0.6) is 0 Å². The number of benzene rings is 1. The fraction of sp³-hybridized carbons (Fsp3) is 0.455. The first-order valence-corrected chi connectivity index (χ1v) is 7.37. The number of likely N-dealkylation sites (N-methyl/N-ethyl adjacent to an activating group) is 1. The third-order valence-corrected chi connectivity index (χ3v) is 5.25. The largest absolute Gasteiger partial charge is 0.398 e. The Morgan fingerprint density at radius 2 is 2.20 bits per heavy atom. The van der Waals surface area contributed by atoms with E-state index in [4.69, 9.17) is 10.5 Å². The lowest BCUT2D eigenvalue weighted by Gasteiger charge is -2.23. The Kier molecular flexibility index (Phi) is 3.93. The normalized spacial score (nSPS) is 19.4. The van der Waals surface area contributed by atoms with Crippen molar-refractivity contribution >= 4 is 21.4 Å². The first kappa shape index (κ1) is 14.7. The molecule has 1 aromatic carbocycles. The van der Waals surface area contributed by atoms with Gasteiger partial charge < -0.3 is 10.5 Å². The quantitative estimate of drug-likeness (QED) is 0.494. The minimum atomic E-state index is -3.89. The van der Waals surface area contributed by atoms with Crippen LogP contribution in [0.2, 0.25) is 0 Å². The SMILES string of the molecule is CN(C1CCOC1)S(=O)(=O)c1cc([N+](=O)[O-])ccc1N. The van der Waals surface area contributed by atoms with Crippen LogP contribution in [0.15, 0.2) is 23.1 Å². The summed E-state index contributed by atoms with van der Waals surface area (Å²) in [4.78, 5) is 9.85. The van der Waals surface area contributed by atoms with E-state index in [9.17, 15) is 18.5 Å².